The van der Waals surface area contributed by atoms with Crippen LogP contribution in [-0.4, -0.2) is 47.1 Å². The first-order chi connectivity index (χ1) is 2.00. The van der Waals surface area contributed by atoms with Crippen molar-refractivity contribution in [1.29, 1.82) is 0 Å². The molecule has 0 fully saturated rings. The molecular formula is CH8LiNiO4Si. The minimum atomic E-state index is -4.61. The van der Waals surface area contributed by atoms with E-state index in [2.05, 4.69) is 0 Å². The summed E-state index contributed by atoms with van der Waals surface area (Å²) in [6.45, 7) is 0. The summed E-state index contributed by atoms with van der Waals surface area (Å²) in [7, 11) is -4.61. The van der Waals surface area contributed by atoms with E-state index in [1.807, 2.05) is 0 Å². The van der Waals surface area contributed by atoms with E-state index in [9.17, 15) is 0 Å². The van der Waals surface area contributed by atoms with Crippen molar-refractivity contribution in [2.24, 2.45) is 0 Å². The van der Waals surface area contributed by atoms with Gasteiger partial charge in [0.05, 0.1) is 0 Å². The maximum Gasteiger partial charge on any atom is 0.668 e. The third-order valence-electron chi connectivity index (χ3n) is 0. The van der Waals surface area contributed by atoms with E-state index in [0.29, 0.717) is 0 Å². The molecule has 8 heavy (non-hydrogen) atoms. The number of hydrogen-bond acceptors (Lipinski definition) is 4. The van der Waals surface area contributed by atoms with E-state index in [1.165, 1.54) is 0 Å². The van der Waals surface area contributed by atoms with Gasteiger partial charge in [-0.3, -0.25) is 0 Å². The van der Waals surface area contributed by atoms with Gasteiger partial charge in [-0.1, -0.05) is 7.43 Å². The second kappa shape index (κ2) is 8.15. The van der Waals surface area contributed by atoms with Crippen molar-refractivity contribution in [3.05, 3.63) is 0 Å². The monoisotopic (exact) mass is 177 g/mol. The molecule has 0 aliphatic rings. The van der Waals surface area contributed by atoms with Crippen LogP contribution in [0.2, 0.25) is 0 Å². The average molecular weight is 178 g/mol. The van der Waals surface area contributed by atoms with Gasteiger partial charge < -0.3 is 19.2 Å². The van der Waals surface area contributed by atoms with E-state index >= 15 is 0 Å². The topological polar surface area (TPSA) is 80.9 Å². The summed E-state index contributed by atoms with van der Waals surface area (Å²) in [4.78, 5) is 29.3. The standard InChI is InChI=1S/CH4.Li.Ni.H4O4Si/c;;;1-5(2,3)4/h1H4;;;1-4H. The predicted octanol–water partition coefficient (Wildman–Crippen LogP) is -2.36. The van der Waals surface area contributed by atoms with Crippen LogP contribution in [0.5, 0.6) is 0 Å². The fraction of sp³-hybridized carbons (Fsp3) is 1.00. The van der Waals surface area contributed by atoms with E-state index < -0.39 is 9.05 Å². The Labute approximate surface area is 71.1 Å². The van der Waals surface area contributed by atoms with Crippen LogP contribution in [-0.2, 0) is 16.5 Å². The molecule has 0 saturated carbocycles. The summed E-state index contributed by atoms with van der Waals surface area (Å²) >= 11 is 0. The van der Waals surface area contributed by atoms with Crippen molar-refractivity contribution in [2.75, 3.05) is 0 Å². The molecule has 1 radical (unpaired) electrons. The van der Waals surface area contributed by atoms with Crippen molar-refractivity contribution in [2.45, 2.75) is 7.43 Å². The minimum Gasteiger partial charge on any atom is -0.368 e. The van der Waals surface area contributed by atoms with Crippen molar-refractivity contribution in [3.63, 3.8) is 0 Å². The van der Waals surface area contributed by atoms with Gasteiger partial charge in [-0.15, -0.1) is 0 Å². The summed E-state index contributed by atoms with van der Waals surface area (Å²) in [5, 5.41) is 0. The first-order valence-electron chi connectivity index (χ1n) is 0.894. The molecule has 0 aliphatic carbocycles. The number of hydrogen-bond donors (Lipinski definition) is 4. The summed E-state index contributed by atoms with van der Waals surface area (Å²) < 4.78 is 0. The van der Waals surface area contributed by atoms with Crippen molar-refractivity contribution in [1.82, 2.24) is 0 Å². The van der Waals surface area contributed by atoms with Crippen molar-refractivity contribution in [3.8, 4) is 0 Å². The van der Waals surface area contributed by atoms with Gasteiger partial charge in [0.2, 0.25) is 0 Å². The van der Waals surface area contributed by atoms with E-state index in [4.69, 9.17) is 19.2 Å². The van der Waals surface area contributed by atoms with Gasteiger partial charge in [0.25, 0.3) is 0 Å². The zero-order valence-corrected chi connectivity index (χ0v) is 5.59. The van der Waals surface area contributed by atoms with Crippen LogP contribution in [0.15, 0.2) is 0 Å². The molecular weight excluding hydrogens is 170 g/mol. The smallest absolute Gasteiger partial charge is 0.368 e. The Morgan fingerprint density at radius 1 is 0.875 bits per heavy atom. The van der Waals surface area contributed by atoms with Crippen molar-refractivity contribution >= 4 is 27.9 Å². The SMILES string of the molecule is C.O[Si](O)(O)O.[Li].[Ni]. The Hall–Kier alpha value is 1.15. The molecule has 0 aromatic heterocycles. The zero-order valence-electron chi connectivity index (χ0n) is 3.61. The Morgan fingerprint density at radius 3 is 0.875 bits per heavy atom. The molecule has 0 spiro atoms. The summed E-state index contributed by atoms with van der Waals surface area (Å²) in [6.07, 6.45) is 0. The average Bonchev–Trinajstić information content (AvgIpc) is 0.722. The van der Waals surface area contributed by atoms with Crippen molar-refractivity contribution < 1.29 is 35.7 Å². The second-order valence-corrected chi connectivity index (χ2v) is 1.80. The van der Waals surface area contributed by atoms with Gasteiger partial charge in [0.15, 0.2) is 0 Å². The predicted molar refractivity (Wildman–Crippen MR) is 27.1 cm³/mol. The molecule has 0 atom stereocenters. The molecule has 0 unspecified atom stereocenters. The second-order valence-electron chi connectivity index (χ2n) is 0.600. The third kappa shape index (κ3) is 205. The molecule has 0 amide bonds. The third-order valence-corrected chi connectivity index (χ3v) is 0. The summed E-state index contributed by atoms with van der Waals surface area (Å²) in [6, 6.07) is 0. The van der Waals surface area contributed by atoms with Crippen LogP contribution in [0.3, 0.4) is 0 Å². The molecule has 0 bridgehead atoms. The molecule has 4 nitrogen and oxygen atoms in total. The fourth-order valence-corrected chi connectivity index (χ4v) is 0. The van der Waals surface area contributed by atoms with Crippen LogP contribution in [0.4, 0.5) is 0 Å². The molecule has 0 heterocycles. The van der Waals surface area contributed by atoms with Crippen LogP contribution in [0.1, 0.15) is 7.43 Å². The molecule has 0 aromatic rings. The first-order valence-corrected chi connectivity index (χ1v) is 2.68. The fourth-order valence-electron chi connectivity index (χ4n) is 0. The Bertz CT molecular complexity index is 31.5. The molecule has 0 aromatic carbocycles. The van der Waals surface area contributed by atoms with Gasteiger partial charge in [-0.25, -0.2) is 0 Å². The maximum atomic E-state index is 7.33. The van der Waals surface area contributed by atoms with Crippen LogP contribution < -0.4 is 0 Å². The molecule has 0 aliphatic heterocycles. The normalized spacial score (nSPS) is 7.50. The van der Waals surface area contributed by atoms with Gasteiger partial charge in [-0.2, -0.15) is 0 Å². The van der Waals surface area contributed by atoms with E-state index in [0.717, 1.165) is 0 Å². The van der Waals surface area contributed by atoms with E-state index in [-0.39, 0.29) is 42.8 Å². The van der Waals surface area contributed by atoms with Crippen LogP contribution in [0.25, 0.3) is 0 Å². The molecule has 7 heteroatoms. The molecule has 51 valence electrons. The van der Waals surface area contributed by atoms with Gasteiger partial charge >= 0.3 is 9.05 Å². The quantitative estimate of drug-likeness (QED) is 0.313. The summed E-state index contributed by atoms with van der Waals surface area (Å²) in [5.41, 5.74) is 0. The van der Waals surface area contributed by atoms with E-state index in [1.54, 1.807) is 0 Å². The van der Waals surface area contributed by atoms with Gasteiger partial charge in [0, 0.05) is 35.4 Å². The zero-order chi connectivity index (χ0) is 4.50. The first kappa shape index (κ1) is 22.9. The minimum absolute atomic E-state index is 0. The molecule has 0 rings (SSSR count). The van der Waals surface area contributed by atoms with Gasteiger partial charge in [0.1, 0.15) is 0 Å². The largest absolute Gasteiger partial charge is 0.668 e. The number of rotatable bonds is 0. The summed E-state index contributed by atoms with van der Waals surface area (Å²) in [5.74, 6) is 0. The molecule has 0 saturated heterocycles. The van der Waals surface area contributed by atoms with Crippen LogP contribution >= 0.6 is 0 Å². The Kier molecular flexibility index (Phi) is 23.3. The Morgan fingerprint density at radius 2 is 0.875 bits per heavy atom. The maximum absolute atomic E-state index is 7.33. The van der Waals surface area contributed by atoms with Crippen LogP contribution in [0, 0.1) is 0 Å². The Balaban J connectivity index is -0.0000000267. The van der Waals surface area contributed by atoms with Gasteiger partial charge in [-0.05, 0) is 0 Å². The molecule has 4 N–H and O–H groups in total.